The largest absolute Gasteiger partial charge is 0.490 e. The number of amides is 1. The summed E-state index contributed by atoms with van der Waals surface area (Å²) >= 11 is 5.73. The average molecular weight is 407 g/mol. The number of thiocarbonyl (C=S) groups is 1. The van der Waals surface area contributed by atoms with Crippen LogP contribution in [0, 0.1) is 0 Å². The molecule has 0 unspecified atom stereocenters. The van der Waals surface area contributed by atoms with Crippen molar-refractivity contribution in [1.82, 2.24) is 9.80 Å². The lowest BCUT2D eigenvalue weighted by molar-refractivity contribution is -0.132. The van der Waals surface area contributed by atoms with E-state index in [-0.39, 0.29) is 24.7 Å². The van der Waals surface area contributed by atoms with Crippen LogP contribution in [-0.4, -0.2) is 72.3 Å². The number of benzene rings is 1. The maximum absolute atomic E-state index is 12.3. The Morgan fingerprint density at radius 1 is 1.11 bits per heavy atom. The third-order valence-corrected chi connectivity index (χ3v) is 5.50. The van der Waals surface area contributed by atoms with Crippen LogP contribution >= 0.6 is 12.2 Å². The van der Waals surface area contributed by atoms with Crippen LogP contribution in [0.15, 0.2) is 18.2 Å². The summed E-state index contributed by atoms with van der Waals surface area (Å²) in [5, 5.41) is 0. The molecule has 0 aromatic heterocycles. The number of morpholine rings is 1. The van der Waals surface area contributed by atoms with E-state index in [1.807, 2.05) is 30.0 Å². The number of ether oxygens (including phenoxy) is 3. The van der Waals surface area contributed by atoms with Gasteiger partial charge in [-0.1, -0.05) is 12.2 Å². The summed E-state index contributed by atoms with van der Waals surface area (Å²) in [7, 11) is 0. The maximum Gasteiger partial charge on any atom is 0.260 e. The summed E-state index contributed by atoms with van der Waals surface area (Å²) in [6.45, 7) is 9.78. The van der Waals surface area contributed by atoms with Crippen LogP contribution in [0.25, 0.3) is 0 Å². The Morgan fingerprint density at radius 3 is 2.43 bits per heavy atom. The molecule has 0 bridgehead atoms. The normalized spacial score (nSPS) is 22.2. The molecule has 0 spiro atoms. The van der Waals surface area contributed by atoms with E-state index in [0.29, 0.717) is 18.1 Å². The third kappa shape index (κ3) is 5.14. The molecular weight excluding hydrogens is 376 g/mol. The molecule has 154 valence electrons. The molecule has 6 nitrogen and oxygen atoms in total. The third-order valence-electron chi connectivity index (χ3n) is 5.01. The first kappa shape index (κ1) is 20.9. The molecule has 2 saturated heterocycles. The Labute approximate surface area is 172 Å². The molecule has 28 heavy (non-hydrogen) atoms. The zero-order valence-electron chi connectivity index (χ0n) is 17.0. The number of carbonyl (C=O) groups is 1. The molecule has 2 fully saturated rings. The SMILES string of the molecule is CCOc1cc(C(=S)N2C[C@H](C)O[C@@H](C)C2)ccc1OCC(=O)N1CCCC1. The van der Waals surface area contributed by atoms with Crippen molar-refractivity contribution in [3.05, 3.63) is 23.8 Å². The molecule has 1 aromatic rings. The molecule has 3 rings (SSSR count). The molecule has 7 heteroatoms. The Hall–Kier alpha value is -1.86. The number of hydrogen-bond donors (Lipinski definition) is 0. The molecule has 0 aliphatic carbocycles. The zero-order chi connectivity index (χ0) is 20.1. The fourth-order valence-electron chi connectivity index (χ4n) is 3.75. The predicted octanol–water partition coefficient (Wildman–Crippen LogP) is 2.87. The minimum atomic E-state index is 0.0239. The van der Waals surface area contributed by atoms with Gasteiger partial charge in [0.05, 0.1) is 18.8 Å². The van der Waals surface area contributed by atoms with Crippen molar-refractivity contribution in [2.75, 3.05) is 39.4 Å². The first-order valence-corrected chi connectivity index (χ1v) is 10.5. The summed E-state index contributed by atoms with van der Waals surface area (Å²) in [5.74, 6) is 1.21. The first-order valence-electron chi connectivity index (χ1n) is 10.1. The Morgan fingerprint density at radius 2 is 1.79 bits per heavy atom. The van der Waals surface area contributed by atoms with Crippen molar-refractivity contribution in [2.24, 2.45) is 0 Å². The molecule has 0 radical (unpaired) electrons. The monoisotopic (exact) mass is 406 g/mol. The molecule has 1 aromatic carbocycles. The van der Waals surface area contributed by atoms with Gasteiger partial charge in [-0.15, -0.1) is 0 Å². The van der Waals surface area contributed by atoms with Gasteiger partial charge in [0.25, 0.3) is 5.91 Å². The number of nitrogens with zero attached hydrogens (tertiary/aromatic N) is 2. The van der Waals surface area contributed by atoms with Crippen molar-refractivity contribution in [2.45, 2.75) is 45.8 Å². The molecule has 0 saturated carbocycles. The molecular formula is C21H30N2O4S. The van der Waals surface area contributed by atoms with Crippen molar-refractivity contribution in [3.8, 4) is 11.5 Å². The molecule has 0 N–H and O–H groups in total. The zero-order valence-corrected chi connectivity index (χ0v) is 17.8. The lowest BCUT2D eigenvalue weighted by atomic mass is 10.1. The van der Waals surface area contributed by atoms with E-state index in [1.54, 1.807) is 0 Å². The molecule has 2 aliphatic heterocycles. The number of likely N-dealkylation sites (tertiary alicyclic amines) is 1. The Balaban J connectivity index is 1.69. The smallest absolute Gasteiger partial charge is 0.260 e. The van der Waals surface area contributed by atoms with Gasteiger partial charge in [0, 0.05) is 31.7 Å². The van der Waals surface area contributed by atoms with E-state index in [1.165, 1.54) is 0 Å². The van der Waals surface area contributed by atoms with Crippen molar-refractivity contribution < 1.29 is 19.0 Å². The summed E-state index contributed by atoms with van der Waals surface area (Å²) in [6.07, 6.45) is 2.43. The quantitative estimate of drug-likeness (QED) is 0.677. The Kier molecular flexibility index (Phi) is 7.13. The van der Waals surface area contributed by atoms with Gasteiger partial charge in [0.2, 0.25) is 0 Å². The fraction of sp³-hybridized carbons (Fsp3) is 0.619. The summed E-state index contributed by atoms with van der Waals surface area (Å²) in [6, 6.07) is 5.69. The van der Waals surface area contributed by atoms with Gasteiger partial charge in [-0.05, 0) is 51.8 Å². The van der Waals surface area contributed by atoms with E-state index < -0.39 is 0 Å². The van der Waals surface area contributed by atoms with E-state index in [0.717, 1.165) is 49.6 Å². The van der Waals surface area contributed by atoms with Crippen molar-refractivity contribution in [3.63, 3.8) is 0 Å². The van der Waals surface area contributed by atoms with Crippen LogP contribution in [0.4, 0.5) is 0 Å². The highest BCUT2D eigenvalue weighted by atomic mass is 32.1. The van der Waals surface area contributed by atoms with Crippen molar-refractivity contribution in [1.29, 1.82) is 0 Å². The topological polar surface area (TPSA) is 51.2 Å². The summed E-state index contributed by atoms with van der Waals surface area (Å²) in [5.41, 5.74) is 0.915. The van der Waals surface area contributed by atoms with Crippen molar-refractivity contribution >= 4 is 23.1 Å². The first-order chi connectivity index (χ1) is 13.5. The van der Waals surface area contributed by atoms with Gasteiger partial charge < -0.3 is 24.0 Å². The van der Waals surface area contributed by atoms with Gasteiger partial charge in [-0.25, -0.2) is 0 Å². The lowest BCUT2D eigenvalue weighted by Crippen LogP contribution is -2.47. The van der Waals surface area contributed by atoms with E-state index in [4.69, 9.17) is 26.4 Å². The van der Waals surface area contributed by atoms with Gasteiger partial charge in [0.1, 0.15) is 4.99 Å². The van der Waals surface area contributed by atoms with E-state index in [9.17, 15) is 4.79 Å². The highest BCUT2D eigenvalue weighted by Crippen LogP contribution is 2.30. The second-order valence-corrected chi connectivity index (χ2v) is 7.83. The van der Waals surface area contributed by atoms with E-state index >= 15 is 0 Å². The van der Waals surface area contributed by atoms with Gasteiger partial charge in [-0.3, -0.25) is 4.79 Å². The summed E-state index contributed by atoms with van der Waals surface area (Å²) < 4.78 is 17.3. The number of hydrogen-bond acceptors (Lipinski definition) is 5. The molecule has 2 heterocycles. The average Bonchev–Trinajstić information content (AvgIpc) is 3.20. The van der Waals surface area contributed by atoms with E-state index in [2.05, 4.69) is 18.7 Å². The van der Waals surface area contributed by atoms with Crippen LogP contribution in [0.5, 0.6) is 11.5 Å². The second-order valence-electron chi connectivity index (χ2n) is 7.44. The van der Waals surface area contributed by atoms with Crippen LogP contribution in [0.1, 0.15) is 39.2 Å². The van der Waals surface area contributed by atoms with Crippen LogP contribution in [0.3, 0.4) is 0 Å². The van der Waals surface area contributed by atoms with Gasteiger partial charge >= 0.3 is 0 Å². The second kappa shape index (κ2) is 9.56. The van der Waals surface area contributed by atoms with Crippen LogP contribution in [0.2, 0.25) is 0 Å². The summed E-state index contributed by atoms with van der Waals surface area (Å²) in [4.78, 5) is 17.1. The minimum absolute atomic E-state index is 0.0239. The Bertz CT molecular complexity index is 696. The lowest BCUT2D eigenvalue weighted by Gasteiger charge is -2.37. The number of rotatable bonds is 6. The predicted molar refractivity (Wildman–Crippen MR) is 112 cm³/mol. The van der Waals surface area contributed by atoms with Crippen LogP contribution in [-0.2, 0) is 9.53 Å². The fourth-order valence-corrected chi connectivity index (χ4v) is 4.03. The molecule has 2 atom stereocenters. The highest BCUT2D eigenvalue weighted by molar-refractivity contribution is 7.80. The maximum atomic E-state index is 12.3. The van der Waals surface area contributed by atoms with Crippen LogP contribution < -0.4 is 9.47 Å². The highest BCUT2D eigenvalue weighted by Gasteiger charge is 2.25. The molecule has 1 amide bonds. The van der Waals surface area contributed by atoms with Gasteiger partial charge in [0.15, 0.2) is 18.1 Å². The number of carbonyl (C=O) groups excluding carboxylic acids is 1. The molecule has 2 aliphatic rings. The standard InChI is InChI=1S/C21H30N2O4S/c1-4-25-19-11-17(21(28)23-12-15(2)27-16(3)13-23)7-8-18(19)26-14-20(24)22-9-5-6-10-22/h7-8,11,15-16H,4-6,9-10,12-14H2,1-3H3/t15-,16-/m0/s1. The van der Waals surface area contributed by atoms with Gasteiger partial charge in [-0.2, -0.15) is 0 Å². The minimum Gasteiger partial charge on any atom is -0.490 e.